The quantitative estimate of drug-likeness (QED) is 0.703. The fraction of sp³-hybridized carbons (Fsp3) is 0.500. The maximum atomic E-state index is 11.7. The lowest BCUT2D eigenvalue weighted by atomic mass is 10.5. The van der Waals surface area contributed by atoms with Crippen LogP contribution in [0.4, 0.5) is 0 Å². The molecule has 0 aliphatic heterocycles. The zero-order chi connectivity index (χ0) is 9.90. The molecule has 0 amide bonds. The van der Waals surface area contributed by atoms with Gasteiger partial charge in [0.2, 0.25) is 0 Å². The van der Waals surface area contributed by atoms with Crippen LogP contribution in [0.5, 0.6) is 0 Å². The highest BCUT2D eigenvalue weighted by atomic mass is 31.2. The lowest BCUT2D eigenvalue weighted by Gasteiger charge is -2.13. The van der Waals surface area contributed by atoms with Gasteiger partial charge >= 0.3 is 7.60 Å². The molecule has 1 aromatic rings. The van der Waals surface area contributed by atoms with E-state index in [1.165, 1.54) is 14.2 Å². The minimum atomic E-state index is -2.92. The van der Waals surface area contributed by atoms with E-state index in [-0.39, 0.29) is 0 Å². The molecule has 0 spiro atoms. The Kier molecular flexibility index (Phi) is 3.31. The van der Waals surface area contributed by atoms with Gasteiger partial charge < -0.3 is 13.6 Å². The van der Waals surface area contributed by atoms with Crippen LogP contribution in [0.1, 0.15) is 5.69 Å². The van der Waals surface area contributed by atoms with Crippen molar-refractivity contribution in [3.63, 3.8) is 0 Å². The van der Waals surface area contributed by atoms with Gasteiger partial charge in [0, 0.05) is 33.2 Å². The Hall–Kier alpha value is -0.570. The van der Waals surface area contributed by atoms with E-state index in [2.05, 4.69) is 0 Å². The topological polar surface area (TPSA) is 40.5 Å². The highest BCUT2D eigenvalue weighted by Gasteiger charge is 2.22. The molecule has 1 rings (SSSR count). The summed E-state index contributed by atoms with van der Waals surface area (Å²) >= 11 is 0. The molecule has 0 unspecified atom stereocenters. The number of aromatic nitrogens is 1. The van der Waals surface area contributed by atoms with Crippen molar-refractivity contribution in [1.29, 1.82) is 0 Å². The van der Waals surface area contributed by atoms with E-state index in [1.54, 1.807) is 0 Å². The minimum Gasteiger partial charge on any atom is -0.354 e. The Bertz CT molecular complexity index is 313. The molecule has 0 aromatic carbocycles. The molecule has 0 atom stereocenters. The van der Waals surface area contributed by atoms with Crippen molar-refractivity contribution in [3.8, 4) is 0 Å². The number of hydrogen-bond acceptors (Lipinski definition) is 3. The average Bonchev–Trinajstić information content (AvgIpc) is 2.52. The van der Waals surface area contributed by atoms with E-state index in [1.807, 2.05) is 29.9 Å². The van der Waals surface area contributed by atoms with Crippen LogP contribution in [-0.4, -0.2) is 18.8 Å². The lowest BCUT2D eigenvalue weighted by Crippen LogP contribution is -1.98. The molecule has 1 aromatic heterocycles. The first-order valence-corrected chi connectivity index (χ1v) is 5.65. The molecule has 0 bridgehead atoms. The molecule has 74 valence electrons. The summed E-state index contributed by atoms with van der Waals surface area (Å²) in [6.07, 6.45) is 2.20. The van der Waals surface area contributed by atoms with Crippen molar-refractivity contribution in [2.24, 2.45) is 7.05 Å². The first-order chi connectivity index (χ1) is 6.11. The van der Waals surface area contributed by atoms with Gasteiger partial charge in [0.05, 0.1) is 6.16 Å². The highest BCUT2D eigenvalue weighted by molar-refractivity contribution is 7.52. The molecule has 5 heteroatoms. The Labute approximate surface area is 78.0 Å². The van der Waals surface area contributed by atoms with Gasteiger partial charge in [-0.25, -0.2) is 0 Å². The van der Waals surface area contributed by atoms with E-state index in [0.717, 1.165) is 5.69 Å². The SMILES string of the molecule is COP(=O)(Cc1cccn1C)OC. The van der Waals surface area contributed by atoms with Gasteiger partial charge in [0.25, 0.3) is 0 Å². The summed E-state index contributed by atoms with van der Waals surface area (Å²) in [7, 11) is 1.77. The third-order valence-corrected chi connectivity index (χ3v) is 3.79. The Morgan fingerprint density at radius 3 is 2.46 bits per heavy atom. The summed E-state index contributed by atoms with van der Waals surface area (Å²) in [5.41, 5.74) is 0.937. The predicted molar refractivity (Wildman–Crippen MR) is 50.7 cm³/mol. The second-order valence-corrected chi connectivity index (χ2v) is 5.01. The van der Waals surface area contributed by atoms with Crippen molar-refractivity contribution in [2.45, 2.75) is 6.16 Å². The van der Waals surface area contributed by atoms with Crippen molar-refractivity contribution < 1.29 is 13.6 Å². The monoisotopic (exact) mass is 203 g/mol. The standard InChI is InChI=1S/C8H14NO3P/c1-9-6-4-5-8(9)7-13(10,11-2)12-3/h4-6H,7H2,1-3H3. The zero-order valence-electron chi connectivity index (χ0n) is 8.06. The molecule has 0 saturated carbocycles. The van der Waals surface area contributed by atoms with Gasteiger partial charge in [-0.2, -0.15) is 0 Å². The van der Waals surface area contributed by atoms with E-state index >= 15 is 0 Å². The van der Waals surface area contributed by atoms with Gasteiger partial charge in [-0.15, -0.1) is 0 Å². The normalized spacial score (nSPS) is 11.9. The predicted octanol–water partition coefficient (Wildman–Crippen LogP) is 2.01. The Morgan fingerprint density at radius 2 is 2.08 bits per heavy atom. The summed E-state index contributed by atoms with van der Waals surface area (Å²) in [5, 5.41) is 0. The van der Waals surface area contributed by atoms with Crippen LogP contribution in [0, 0.1) is 0 Å². The summed E-state index contributed by atoms with van der Waals surface area (Å²) < 4.78 is 23.3. The number of aryl methyl sites for hydroxylation is 1. The van der Waals surface area contributed by atoms with Crippen molar-refractivity contribution in [1.82, 2.24) is 4.57 Å². The van der Waals surface area contributed by atoms with Gasteiger partial charge in [0.1, 0.15) is 0 Å². The van der Waals surface area contributed by atoms with Crippen LogP contribution in [0.3, 0.4) is 0 Å². The van der Waals surface area contributed by atoms with Crippen LogP contribution >= 0.6 is 7.60 Å². The lowest BCUT2D eigenvalue weighted by molar-refractivity contribution is 0.274. The van der Waals surface area contributed by atoms with Gasteiger partial charge in [-0.3, -0.25) is 4.57 Å². The summed E-state index contributed by atoms with van der Waals surface area (Å²) in [6, 6.07) is 3.79. The highest BCUT2D eigenvalue weighted by Crippen LogP contribution is 2.49. The fourth-order valence-electron chi connectivity index (χ4n) is 1.06. The molecular weight excluding hydrogens is 189 g/mol. The molecule has 1 heterocycles. The maximum Gasteiger partial charge on any atom is 0.335 e. The number of hydrogen-bond donors (Lipinski definition) is 0. The van der Waals surface area contributed by atoms with Crippen LogP contribution in [0.15, 0.2) is 18.3 Å². The number of nitrogens with zero attached hydrogens (tertiary/aromatic N) is 1. The summed E-state index contributed by atoms with van der Waals surface area (Å²) in [5.74, 6) is 0. The van der Waals surface area contributed by atoms with Crippen LogP contribution in [0.2, 0.25) is 0 Å². The smallest absolute Gasteiger partial charge is 0.335 e. The summed E-state index contributed by atoms with van der Waals surface area (Å²) in [6.45, 7) is 0. The average molecular weight is 203 g/mol. The van der Waals surface area contributed by atoms with E-state index in [9.17, 15) is 4.57 Å². The Morgan fingerprint density at radius 1 is 1.46 bits per heavy atom. The second kappa shape index (κ2) is 4.09. The molecule has 4 nitrogen and oxygen atoms in total. The molecule has 0 aliphatic rings. The van der Waals surface area contributed by atoms with Crippen LogP contribution < -0.4 is 0 Å². The van der Waals surface area contributed by atoms with Crippen molar-refractivity contribution >= 4 is 7.60 Å². The fourth-order valence-corrected chi connectivity index (χ4v) is 2.20. The third kappa shape index (κ3) is 2.44. The second-order valence-electron chi connectivity index (χ2n) is 2.74. The van der Waals surface area contributed by atoms with Crippen molar-refractivity contribution in [2.75, 3.05) is 14.2 Å². The van der Waals surface area contributed by atoms with Crippen molar-refractivity contribution in [3.05, 3.63) is 24.0 Å². The zero-order valence-corrected chi connectivity index (χ0v) is 8.95. The Balaban J connectivity index is 2.79. The molecule has 0 saturated heterocycles. The third-order valence-electron chi connectivity index (χ3n) is 1.96. The maximum absolute atomic E-state index is 11.7. The summed E-state index contributed by atoms with van der Waals surface area (Å²) in [4.78, 5) is 0. The molecule has 0 radical (unpaired) electrons. The van der Waals surface area contributed by atoms with Gasteiger partial charge in [-0.05, 0) is 12.1 Å². The molecule has 13 heavy (non-hydrogen) atoms. The minimum absolute atomic E-state index is 0.309. The first kappa shape index (κ1) is 10.5. The van der Waals surface area contributed by atoms with E-state index in [0.29, 0.717) is 6.16 Å². The van der Waals surface area contributed by atoms with Crippen LogP contribution in [0.25, 0.3) is 0 Å². The van der Waals surface area contributed by atoms with Crippen LogP contribution in [-0.2, 0) is 26.8 Å². The molecule has 0 N–H and O–H groups in total. The van der Waals surface area contributed by atoms with Gasteiger partial charge in [0.15, 0.2) is 0 Å². The first-order valence-electron chi connectivity index (χ1n) is 3.92. The molecule has 0 fully saturated rings. The van der Waals surface area contributed by atoms with Gasteiger partial charge in [-0.1, -0.05) is 0 Å². The van der Waals surface area contributed by atoms with E-state index < -0.39 is 7.60 Å². The molecular formula is C8H14NO3P. The van der Waals surface area contributed by atoms with E-state index in [4.69, 9.17) is 9.05 Å². The molecule has 0 aliphatic carbocycles. The number of rotatable bonds is 4. The largest absolute Gasteiger partial charge is 0.354 e.